The molecule has 0 bridgehead atoms. The normalized spacial score (nSPS) is 14.2. The second kappa shape index (κ2) is 12.7. The van der Waals surface area contributed by atoms with Gasteiger partial charge in [0.1, 0.15) is 18.1 Å². The number of nitrogens with one attached hydrogen (secondary N) is 4. The highest BCUT2D eigenvalue weighted by atomic mass is 16.4. The minimum atomic E-state index is -1.47. The first kappa shape index (κ1) is 27.0. The molecule has 1 aromatic heterocycles. The standard InChI is InChI=1S/C18H27N7O8/c1-8(15(29)24-11(18(32)33)2-3-14(27)28)23-17(31)12(4-9-6-21-7-22-9)25-16(30)10(19)5-13(20)26/h6-8,10-12H,2-5,19H2,1H3,(H2,20,26)(H,21,22)(H,23,31)(H,24,29)(H,25,30)(H,27,28)(H,32,33). The average Bonchev–Trinajstić information content (AvgIpc) is 3.22. The number of hydrogen-bond donors (Lipinski definition) is 8. The summed E-state index contributed by atoms with van der Waals surface area (Å²) in [4.78, 5) is 76.7. The van der Waals surface area contributed by atoms with Crippen molar-refractivity contribution in [1.82, 2.24) is 25.9 Å². The zero-order valence-electron chi connectivity index (χ0n) is 17.7. The minimum Gasteiger partial charge on any atom is -0.481 e. The number of amides is 4. The zero-order chi connectivity index (χ0) is 25.1. The largest absolute Gasteiger partial charge is 0.481 e. The van der Waals surface area contributed by atoms with E-state index in [0.717, 1.165) is 0 Å². The molecular weight excluding hydrogens is 442 g/mol. The number of H-pyrrole nitrogens is 1. The maximum atomic E-state index is 12.7. The number of hydrogen-bond acceptors (Lipinski definition) is 8. The first-order chi connectivity index (χ1) is 15.4. The van der Waals surface area contributed by atoms with Crippen LogP contribution in [0.4, 0.5) is 0 Å². The van der Waals surface area contributed by atoms with Crippen molar-refractivity contribution >= 4 is 35.6 Å². The monoisotopic (exact) mass is 469 g/mol. The zero-order valence-corrected chi connectivity index (χ0v) is 17.7. The van der Waals surface area contributed by atoms with Crippen molar-refractivity contribution in [2.75, 3.05) is 0 Å². The molecule has 0 fully saturated rings. The van der Waals surface area contributed by atoms with E-state index >= 15 is 0 Å². The summed E-state index contributed by atoms with van der Waals surface area (Å²) >= 11 is 0. The third-order valence-corrected chi connectivity index (χ3v) is 4.38. The van der Waals surface area contributed by atoms with Crippen LogP contribution in [0.5, 0.6) is 0 Å². The van der Waals surface area contributed by atoms with Gasteiger partial charge in [-0.1, -0.05) is 0 Å². The maximum Gasteiger partial charge on any atom is 0.326 e. The van der Waals surface area contributed by atoms with Gasteiger partial charge in [0.25, 0.3) is 0 Å². The molecule has 0 aliphatic heterocycles. The highest BCUT2D eigenvalue weighted by molar-refractivity contribution is 5.95. The molecule has 0 aromatic carbocycles. The molecule has 10 N–H and O–H groups in total. The van der Waals surface area contributed by atoms with E-state index in [4.69, 9.17) is 21.7 Å². The summed E-state index contributed by atoms with van der Waals surface area (Å²) < 4.78 is 0. The molecule has 33 heavy (non-hydrogen) atoms. The van der Waals surface area contributed by atoms with Crippen LogP contribution in [0, 0.1) is 0 Å². The van der Waals surface area contributed by atoms with Crippen LogP contribution in [-0.4, -0.2) is 79.9 Å². The predicted molar refractivity (Wildman–Crippen MR) is 110 cm³/mol. The Morgan fingerprint density at radius 1 is 1.03 bits per heavy atom. The predicted octanol–water partition coefficient (Wildman–Crippen LogP) is -3.42. The summed E-state index contributed by atoms with van der Waals surface area (Å²) in [6, 6.07) is -5.23. The van der Waals surface area contributed by atoms with Crippen molar-refractivity contribution in [1.29, 1.82) is 0 Å². The third-order valence-electron chi connectivity index (χ3n) is 4.38. The van der Waals surface area contributed by atoms with Crippen LogP contribution < -0.4 is 27.4 Å². The van der Waals surface area contributed by atoms with E-state index in [1.54, 1.807) is 0 Å². The van der Waals surface area contributed by atoms with Gasteiger partial charge >= 0.3 is 11.9 Å². The molecule has 0 radical (unpaired) electrons. The molecule has 0 saturated heterocycles. The van der Waals surface area contributed by atoms with Crippen molar-refractivity contribution < 1.29 is 39.0 Å². The molecule has 0 aliphatic rings. The Balaban J connectivity index is 2.83. The number of aromatic nitrogens is 2. The molecule has 0 aliphatic carbocycles. The van der Waals surface area contributed by atoms with Crippen molar-refractivity contribution in [2.45, 2.75) is 56.8 Å². The Morgan fingerprint density at radius 3 is 2.18 bits per heavy atom. The molecular formula is C18H27N7O8. The number of carboxylic acids is 2. The molecule has 4 unspecified atom stereocenters. The van der Waals surface area contributed by atoms with E-state index in [-0.39, 0.29) is 12.8 Å². The number of aliphatic carboxylic acids is 2. The molecule has 0 saturated carbocycles. The fourth-order valence-electron chi connectivity index (χ4n) is 2.62. The Bertz CT molecular complexity index is 873. The summed E-state index contributed by atoms with van der Waals surface area (Å²) in [7, 11) is 0. The lowest BCUT2D eigenvalue weighted by molar-refractivity contribution is -0.143. The summed E-state index contributed by atoms with van der Waals surface area (Å²) in [5, 5.41) is 24.7. The number of imidazole rings is 1. The first-order valence-electron chi connectivity index (χ1n) is 9.77. The highest BCUT2D eigenvalue weighted by Gasteiger charge is 2.29. The van der Waals surface area contributed by atoms with Crippen molar-refractivity contribution in [2.24, 2.45) is 11.5 Å². The number of aromatic amines is 1. The molecule has 182 valence electrons. The summed E-state index contributed by atoms with van der Waals surface area (Å²) in [6.07, 6.45) is 1.41. The fraction of sp³-hybridized carbons (Fsp3) is 0.500. The van der Waals surface area contributed by atoms with Gasteiger partial charge in [-0.15, -0.1) is 0 Å². The number of carboxylic acid groups (broad SMARTS) is 2. The van der Waals surface area contributed by atoms with E-state index < -0.39 is 72.6 Å². The van der Waals surface area contributed by atoms with Crippen LogP contribution in [0.25, 0.3) is 0 Å². The molecule has 4 amide bonds. The molecule has 15 heteroatoms. The van der Waals surface area contributed by atoms with Crippen molar-refractivity contribution in [3.8, 4) is 0 Å². The van der Waals surface area contributed by atoms with Crippen LogP contribution in [0.15, 0.2) is 12.5 Å². The summed E-state index contributed by atoms with van der Waals surface area (Å²) in [5.41, 5.74) is 11.1. The van der Waals surface area contributed by atoms with Crippen LogP contribution >= 0.6 is 0 Å². The van der Waals surface area contributed by atoms with Crippen LogP contribution in [0.1, 0.15) is 31.9 Å². The maximum absolute atomic E-state index is 12.7. The van der Waals surface area contributed by atoms with E-state index in [0.29, 0.717) is 5.69 Å². The molecule has 0 spiro atoms. The van der Waals surface area contributed by atoms with Crippen molar-refractivity contribution in [3.05, 3.63) is 18.2 Å². The average molecular weight is 469 g/mol. The molecule has 1 rings (SSSR count). The molecule has 1 heterocycles. The van der Waals surface area contributed by atoms with E-state index in [9.17, 15) is 28.8 Å². The number of nitrogens with zero attached hydrogens (tertiary/aromatic N) is 1. The Hall–Kier alpha value is -4.01. The second-order valence-corrected chi connectivity index (χ2v) is 7.18. The van der Waals surface area contributed by atoms with Gasteiger partial charge in [0.15, 0.2) is 0 Å². The number of primary amides is 1. The van der Waals surface area contributed by atoms with Crippen LogP contribution in [0.3, 0.4) is 0 Å². The van der Waals surface area contributed by atoms with E-state index in [1.807, 2.05) is 0 Å². The van der Waals surface area contributed by atoms with E-state index in [1.165, 1.54) is 19.4 Å². The molecule has 1 aromatic rings. The van der Waals surface area contributed by atoms with Gasteiger partial charge in [-0.25, -0.2) is 9.78 Å². The quantitative estimate of drug-likeness (QED) is 0.134. The lowest BCUT2D eigenvalue weighted by atomic mass is 10.1. The van der Waals surface area contributed by atoms with Gasteiger partial charge in [-0.2, -0.15) is 0 Å². The second-order valence-electron chi connectivity index (χ2n) is 7.18. The van der Waals surface area contributed by atoms with Gasteiger partial charge in [0.2, 0.25) is 23.6 Å². The fourth-order valence-corrected chi connectivity index (χ4v) is 2.62. The number of nitrogens with two attached hydrogens (primary N) is 2. The highest BCUT2D eigenvalue weighted by Crippen LogP contribution is 2.03. The van der Waals surface area contributed by atoms with Crippen LogP contribution in [-0.2, 0) is 35.2 Å². The minimum absolute atomic E-state index is 0.0639. The summed E-state index contributed by atoms with van der Waals surface area (Å²) in [5.74, 6) is -5.99. The molecule has 4 atom stereocenters. The van der Waals surface area contributed by atoms with E-state index in [2.05, 4.69) is 25.9 Å². The van der Waals surface area contributed by atoms with Gasteiger partial charge in [-0.3, -0.25) is 24.0 Å². The summed E-state index contributed by atoms with van der Waals surface area (Å²) in [6.45, 7) is 1.28. The van der Waals surface area contributed by atoms with Crippen molar-refractivity contribution in [3.63, 3.8) is 0 Å². The lowest BCUT2D eigenvalue weighted by Crippen LogP contribution is -2.57. The Morgan fingerprint density at radius 2 is 1.67 bits per heavy atom. The van der Waals surface area contributed by atoms with Crippen LogP contribution in [0.2, 0.25) is 0 Å². The lowest BCUT2D eigenvalue weighted by Gasteiger charge is -2.23. The van der Waals surface area contributed by atoms with Gasteiger partial charge in [-0.05, 0) is 13.3 Å². The van der Waals surface area contributed by atoms with Gasteiger partial charge in [0, 0.05) is 24.7 Å². The SMILES string of the molecule is CC(NC(=O)C(Cc1cnc[nH]1)NC(=O)C(N)CC(N)=O)C(=O)NC(CCC(=O)O)C(=O)O. The first-order valence-corrected chi connectivity index (χ1v) is 9.77. The number of rotatable bonds is 14. The third kappa shape index (κ3) is 9.77. The molecule has 15 nitrogen and oxygen atoms in total. The number of carbonyl (C=O) groups is 6. The van der Waals surface area contributed by atoms with Gasteiger partial charge in [0.05, 0.1) is 18.8 Å². The number of carbonyl (C=O) groups excluding carboxylic acids is 4. The Kier molecular flexibility index (Phi) is 10.4. The Labute approximate surface area is 187 Å². The topological polar surface area (TPSA) is 260 Å². The smallest absolute Gasteiger partial charge is 0.326 e. The van der Waals surface area contributed by atoms with Gasteiger partial charge < -0.3 is 42.6 Å².